The van der Waals surface area contributed by atoms with Crippen molar-refractivity contribution in [1.82, 2.24) is 24.7 Å². The number of hydrogen-bond donors (Lipinski definition) is 0. The Bertz CT molecular complexity index is 891. The molecule has 2 atom stereocenters. The minimum Gasteiger partial charge on any atom is -0.348 e. The molecular formula is C18H21ClN6. The summed E-state index contributed by atoms with van der Waals surface area (Å²) in [5.41, 5.74) is 1.99. The van der Waals surface area contributed by atoms with Crippen molar-refractivity contribution in [3.63, 3.8) is 0 Å². The molecule has 1 aliphatic heterocycles. The summed E-state index contributed by atoms with van der Waals surface area (Å²) in [7, 11) is 0. The van der Waals surface area contributed by atoms with Crippen molar-refractivity contribution in [3.05, 3.63) is 41.6 Å². The van der Waals surface area contributed by atoms with E-state index < -0.39 is 0 Å². The van der Waals surface area contributed by atoms with E-state index >= 15 is 0 Å². The highest BCUT2D eigenvalue weighted by Crippen LogP contribution is 2.40. The summed E-state index contributed by atoms with van der Waals surface area (Å²) < 4.78 is 1.89. The third-order valence-corrected chi connectivity index (χ3v) is 4.92. The monoisotopic (exact) mass is 356 g/mol. The zero-order valence-electron chi connectivity index (χ0n) is 14.6. The molecule has 4 rings (SSSR count). The lowest BCUT2D eigenvalue weighted by molar-refractivity contribution is 0.546. The van der Waals surface area contributed by atoms with Crippen molar-refractivity contribution >= 4 is 28.5 Å². The molecule has 0 aliphatic carbocycles. The van der Waals surface area contributed by atoms with Crippen molar-refractivity contribution in [1.29, 1.82) is 0 Å². The summed E-state index contributed by atoms with van der Waals surface area (Å²) in [6, 6.07) is 4.55. The molecular weight excluding hydrogens is 336 g/mol. The number of rotatable bonds is 3. The van der Waals surface area contributed by atoms with Crippen molar-refractivity contribution in [2.75, 3.05) is 11.4 Å². The van der Waals surface area contributed by atoms with Crippen molar-refractivity contribution in [3.8, 4) is 0 Å². The summed E-state index contributed by atoms with van der Waals surface area (Å²) in [6.45, 7) is 7.35. The second kappa shape index (κ2) is 6.26. The maximum absolute atomic E-state index is 6.26. The molecule has 0 amide bonds. The van der Waals surface area contributed by atoms with E-state index in [0.717, 1.165) is 29.8 Å². The summed E-state index contributed by atoms with van der Waals surface area (Å²) in [6.07, 6.45) is 6.66. The lowest BCUT2D eigenvalue weighted by atomic mass is 10.0. The van der Waals surface area contributed by atoms with Crippen molar-refractivity contribution in [2.45, 2.75) is 39.3 Å². The van der Waals surface area contributed by atoms with E-state index in [0.29, 0.717) is 5.92 Å². The molecule has 1 aliphatic rings. The van der Waals surface area contributed by atoms with E-state index in [1.54, 1.807) is 6.20 Å². The first-order chi connectivity index (χ1) is 12.0. The lowest BCUT2D eigenvalue weighted by Gasteiger charge is -2.26. The highest BCUT2D eigenvalue weighted by atomic mass is 35.5. The largest absolute Gasteiger partial charge is 0.348 e. The van der Waals surface area contributed by atoms with Crippen LogP contribution < -0.4 is 4.90 Å². The quantitative estimate of drug-likeness (QED) is 0.663. The molecule has 6 nitrogen and oxygen atoms in total. The van der Waals surface area contributed by atoms with Gasteiger partial charge in [0, 0.05) is 25.0 Å². The van der Waals surface area contributed by atoms with Crippen LogP contribution in [-0.4, -0.2) is 31.3 Å². The van der Waals surface area contributed by atoms with Gasteiger partial charge in [-0.1, -0.05) is 13.0 Å². The Balaban J connectivity index is 1.85. The van der Waals surface area contributed by atoms with Gasteiger partial charge in [0.25, 0.3) is 0 Å². The second-order valence-corrected chi connectivity index (χ2v) is 7.37. The molecule has 0 aromatic carbocycles. The summed E-state index contributed by atoms with van der Waals surface area (Å²) in [4.78, 5) is 15.6. The van der Waals surface area contributed by atoms with Crippen LogP contribution in [0, 0.1) is 5.92 Å². The van der Waals surface area contributed by atoms with E-state index in [1.165, 1.54) is 5.56 Å². The first kappa shape index (κ1) is 16.3. The standard InChI is InChI=1S/C18H21ClN6/c1-11(2)25-17-14(9-21-25)16(22-18(19)23-17)24-10-12(3)7-15(24)13-5-4-6-20-8-13/h4-6,8-9,11-12,15H,7,10H2,1-3H3. The van der Waals surface area contributed by atoms with Gasteiger partial charge in [-0.3, -0.25) is 4.98 Å². The van der Waals surface area contributed by atoms with E-state index in [1.807, 2.05) is 23.1 Å². The van der Waals surface area contributed by atoms with Crippen molar-refractivity contribution < 1.29 is 0 Å². The summed E-state index contributed by atoms with van der Waals surface area (Å²) in [5.74, 6) is 1.43. The predicted octanol–water partition coefficient (Wildman–Crippen LogP) is 4.04. The van der Waals surface area contributed by atoms with E-state index in [4.69, 9.17) is 11.6 Å². The SMILES string of the molecule is CC1CC(c2cccnc2)N(c2nc(Cl)nc3c2cnn3C(C)C)C1. The first-order valence-electron chi connectivity index (χ1n) is 8.62. The van der Waals surface area contributed by atoms with Crippen LogP contribution in [0.1, 0.15) is 44.8 Å². The van der Waals surface area contributed by atoms with Gasteiger partial charge in [-0.15, -0.1) is 0 Å². The van der Waals surface area contributed by atoms with Crippen LogP contribution in [0.25, 0.3) is 11.0 Å². The van der Waals surface area contributed by atoms with Crippen LogP contribution in [-0.2, 0) is 0 Å². The molecule has 0 N–H and O–H groups in total. The van der Waals surface area contributed by atoms with Crippen LogP contribution in [0.4, 0.5) is 5.82 Å². The number of anilines is 1. The smallest absolute Gasteiger partial charge is 0.226 e. The van der Waals surface area contributed by atoms with Gasteiger partial charge >= 0.3 is 0 Å². The normalized spacial score (nSPS) is 20.8. The molecule has 0 saturated carbocycles. The van der Waals surface area contributed by atoms with Crippen LogP contribution >= 0.6 is 11.6 Å². The fourth-order valence-electron chi connectivity index (χ4n) is 3.65. The summed E-state index contributed by atoms with van der Waals surface area (Å²) in [5, 5.41) is 5.71. The Morgan fingerprint density at radius 3 is 2.80 bits per heavy atom. The third-order valence-electron chi connectivity index (χ3n) is 4.75. The number of hydrogen-bond acceptors (Lipinski definition) is 5. The van der Waals surface area contributed by atoms with Gasteiger partial charge < -0.3 is 4.90 Å². The molecule has 0 radical (unpaired) electrons. The summed E-state index contributed by atoms with van der Waals surface area (Å²) >= 11 is 6.26. The molecule has 130 valence electrons. The Morgan fingerprint density at radius 1 is 1.24 bits per heavy atom. The van der Waals surface area contributed by atoms with E-state index in [-0.39, 0.29) is 17.4 Å². The van der Waals surface area contributed by atoms with Crippen LogP contribution in [0.3, 0.4) is 0 Å². The number of pyridine rings is 1. The van der Waals surface area contributed by atoms with Crippen molar-refractivity contribution in [2.24, 2.45) is 5.92 Å². The van der Waals surface area contributed by atoms with Crippen LogP contribution in [0.2, 0.25) is 5.28 Å². The molecule has 7 heteroatoms. The highest BCUT2D eigenvalue weighted by molar-refractivity contribution is 6.28. The van der Waals surface area contributed by atoms with Gasteiger partial charge in [0.15, 0.2) is 5.65 Å². The van der Waals surface area contributed by atoms with Gasteiger partial charge in [0.05, 0.1) is 17.6 Å². The minimum atomic E-state index is 0.211. The molecule has 0 spiro atoms. The third kappa shape index (κ3) is 2.84. The zero-order valence-corrected chi connectivity index (χ0v) is 15.4. The molecule has 1 fully saturated rings. The topological polar surface area (TPSA) is 59.7 Å². The zero-order chi connectivity index (χ0) is 17.6. The number of halogens is 1. The molecule has 3 aromatic heterocycles. The number of nitrogens with zero attached hydrogens (tertiary/aromatic N) is 6. The maximum Gasteiger partial charge on any atom is 0.226 e. The van der Waals surface area contributed by atoms with Crippen LogP contribution in [0.5, 0.6) is 0 Å². The fraction of sp³-hybridized carbons (Fsp3) is 0.444. The Labute approximate surface area is 151 Å². The Hall–Kier alpha value is -2.21. The second-order valence-electron chi connectivity index (χ2n) is 7.03. The molecule has 4 heterocycles. The Kier molecular flexibility index (Phi) is 4.07. The van der Waals surface area contributed by atoms with Gasteiger partial charge in [-0.2, -0.15) is 15.1 Å². The van der Waals surface area contributed by atoms with Gasteiger partial charge in [0.1, 0.15) is 5.82 Å². The predicted molar refractivity (Wildman–Crippen MR) is 98.8 cm³/mol. The van der Waals surface area contributed by atoms with Gasteiger partial charge in [0.2, 0.25) is 5.28 Å². The number of fused-ring (bicyclic) bond motifs is 1. The average Bonchev–Trinajstić information content (AvgIpc) is 3.18. The number of aromatic nitrogens is 5. The average molecular weight is 357 g/mol. The molecule has 25 heavy (non-hydrogen) atoms. The maximum atomic E-state index is 6.26. The van der Waals surface area contributed by atoms with Gasteiger partial charge in [-0.25, -0.2) is 4.68 Å². The lowest BCUT2D eigenvalue weighted by Crippen LogP contribution is -2.24. The van der Waals surface area contributed by atoms with E-state index in [9.17, 15) is 0 Å². The molecule has 0 bridgehead atoms. The highest BCUT2D eigenvalue weighted by Gasteiger charge is 2.33. The Morgan fingerprint density at radius 2 is 2.08 bits per heavy atom. The van der Waals surface area contributed by atoms with Gasteiger partial charge in [-0.05, 0) is 49.4 Å². The van der Waals surface area contributed by atoms with E-state index in [2.05, 4.69) is 51.8 Å². The minimum absolute atomic E-state index is 0.211. The van der Waals surface area contributed by atoms with Crippen LogP contribution in [0.15, 0.2) is 30.7 Å². The fourth-order valence-corrected chi connectivity index (χ4v) is 3.81. The molecule has 1 saturated heterocycles. The molecule has 2 unspecified atom stereocenters. The first-order valence-corrected chi connectivity index (χ1v) is 8.99. The molecule has 3 aromatic rings.